The third-order valence-corrected chi connectivity index (χ3v) is 3.59. The second kappa shape index (κ2) is 6.21. The van der Waals surface area contributed by atoms with Crippen LogP contribution in [-0.4, -0.2) is 17.0 Å². The third-order valence-electron chi connectivity index (χ3n) is 2.86. The number of anilines is 1. The number of oxime groups is 1. The van der Waals surface area contributed by atoms with E-state index in [-0.39, 0.29) is 11.7 Å². The number of hydrogen-bond acceptors (Lipinski definition) is 4. The van der Waals surface area contributed by atoms with Gasteiger partial charge in [0.1, 0.15) is 0 Å². The molecule has 6 heteroatoms. The zero-order chi connectivity index (χ0) is 14.5. The normalized spacial score (nSPS) is 11.3. The Morgan fingerprint density at radius 2 is 2.25 bits per heavy atom. The van der Waals surface area contributed by atoms with E-state index in [1.54, 1.807) is 23.5 Å². The maximum atomic E-state index is 12.0. The summed E-state index contributed by atoms with van der Waals surface area (Å²) in [7, 11) is 0. The molecule has 20 heavy (non-hydrogen) atoms. The molecule has 1 aromatic heterocycles. The van der Waals surface area contributed by atoms with Gasteiger partial charge in [-0.3, -0.25) is 4.79 Å². The van der Waals surface area contributed by atoms with Crippen LogP contribution in [0.2, 0.25) is 0 Å². The largest absolute Gasteiger partial charge is 0.409 e. The summed E-state index contributed by atoms with van der Waals surface area (Å²) in [6.07, 6.45) is 0.330. The van der Waals surface area contributed by atoms with E-state index in [0.717, 1.165) is 11.1 Å². The molecule has 0 unspecified atom stereocenters. The monoisotopic (exact) mass is 289 g/mol. The summed E-state index contributed by atoms with van der Waals surface area (Å²) < 4.78 is 0. The van der Waals surface area contributed by atoms with Crippen LogP contribution in [0.5, 0.6) is 0 Å². The quantitative estimate of drug-likeness (QED) is 0.349. The van der Waals surface area contributed by atoms with Crippen LogP contribution in [0.1, 0.15) is 16.7 Å². The van der Waals surface area contributed by atoms with E-state index >= 15 is 0 Å². The van der Waals surface area contributed by atoms with Gasteiger partial charge in [0.2, 0.25) is 5.91 Å². The first-order valence-corrected chi connectivity index (χ1v) is 6.94. The topological polar surface area (TPSA) is 87.7 Å². The molecule has 1 aromatic carbocycles. The summed E-state index contributed by atoms with van der Waals surface area (Å²) in [6.45, 7) is 1.89. The van der Waals surface area contributed by atoms with Gasteiger partial charge in [-0.15, -0.1) is 0 Å². The van der Waals surface area contributed by atoms with Crippen LogP contribution < -0.4 is 11.1 Å². The van der Waals surface area contributed by atoms with E-state index in [9.17, 15) is 4.79 Å². The molecule has 1 heterocycles. The second-order valence-corrected chi connectivity index (χ2v) is 5.15. The maximum Gasteiger partial charge on any atom is 0.228 e. The van der Waals surface area contributed by atoms with E-state index in [2.05, 4.69) is 10.5 Å². The fourth-order valence-corrected chi connectivity index (χ4v) is 2.42. The first-order chi connectivity index (χ1) is 9.60. The van der Waals surface area contributed by atoms with Crippen molar-refractivity contribution in [3.63, 3.8) is 0 Å². The first kappa shape index (κ1) is 14.1. The van der Waals surface area contributed by atoms with Gasteiger partial charge in [-0.05, 0) is 40.9 Å². The van der Waals surface area contributed by atoms with Crippen LogP contribution in [0.25, 0.3) is 0 Å². The molecule has 5 nitrogen and oxygen atoms in total. The predicted molar refractivity (Wildman–Crippen MR) is 80.3 cm³/mol. The zero-order valence-electron chi connectivity index (χ0n) is 11.0. The maximum absolute atomic E-state index is 12.0. The molecule has 0 bridgehead atoms. The van der Waals surface area contributed by atoms with Gasteiger partial charge in [-0.2, -0.15) is 11.3 Å². The lowest BCUT2D eigenvalue weighted by atomic mass is 10.1. The van der Waals surface area contributed by atoms with Crippen LogP contribution in [-0.2, 0) is 11.2 Å². The van der Waals surface area contributed by atoms with Gasteiger partial charge in [0.15, 0.2) is 5.84 Å². The lowest BCUT2D eigenvalue weighted by molar-refractivity contribution is -0.115. The molecule has 0 fully saturated rings. The fraction of sp³-hybridized carbons (Fsp3) is 0.143. The molecular weight excluding hydrogens is 274 g/mol. The van der Waals surface area contributed by atoms with Gasteiger partial charge < -0.3 is 16.3 Å². The highest BCUT2D eigenvalue weighted by Crippen LogP contribution is 2.17. The minimum atomic E-state index is -0.0943. The van der Waals surface area contributed by atoms with Crippen LogP contribution in [0.15, 0.2) is 40.2 Å². The number of nitrogens with one attached hydrogen (secondary N) is 1. The van der Waals surface area contributed by atoms with Gasteiger partial charge in [0, 0.05) is 11.3 Å². The molecule has 0 aliphatic heterocycles. The van der Waals surface area contributed by atoms with Crippen LogP contribution in [0, 0.1) is 6.92 Å². The van der Waals surface area contributed by atoms with E-state index in [1.807, 2.05) is 29.8 Å². The van der Waals surface area contributed by atoms with Crippen LogP contribution in [0.4, 0.5) is 5.69 Å². The molecule has 0 saturated heterocycles. The summed E-state index contributed by atoms with van der Waals surface area (Å²) in [4.78, 5) is 12.0. The Kier molecular flexibility index (Phi) is 4.37. The SMILES string of the molecule is Cc1ccc(C(N)=NO)cc1NC(=O)Cc1ccsc1. The Balaban J connectivity index is 2.14. The smallest absolute Gasteiger partial charge is 0.228 e. The highest BCUT2D eigenvalue weighted by Gasteiger charge is 2.08. The summed E-state index contributed by atoms with van der Waals surface area (Å²) in [5.41, 5.74) is 8.66. The molecule has 0 aliphatic rings. The average Bonchev–Trinajstić information content (AvgIpc) is 2.93. The van der Waals surface area contributed by atoms with Crippen molar-refractivity contribution in [2.24, 2.45) is 10.9 Å². The Labute approximate surface area is 120 Å². The summed E-state index contributed by atoms with van der Waals surface area (Å²) in [5, 5.41) is 18.4. The van der Waals surface area contributed by atoms with Crippen molar-refractivity contribution in [2.45, 2.75) is 13.3 Å². The summed E-state index contributed by atoms with van der Waals surface area (Å²) >= 11 is 1.56. The van der Waals surface area contributed by atoms with Crippen molar-refractivity contribution in [3.05, 3.63) is 51.7 Å². The Morgan fingerprint density at radius 3 is 2.90 bits per heavy atom. The number of rotatable bonds is 4. The number of thiophene rings is 1. The van der Waals surface area contributed by atoms with Gasteiger partial charge in [-0.1, -0.05) is 17.3 Å². The predicted octanol–water partition coefficient (Wildman–Crippen LogP) is 2.33. The molecule has 0 atom stereocenters. The number of hydrogen-bond donors (Lipinski definition) is 3. The molecule has 4 N–H and O–H groups in total. The van der Waals surface area contributed by atoms with Crippen LogP contribution in [0.3, 0.4) is 0 Å². The molecule has 1 amide bonds. The van der Waals surface area contributed by atoms with Gasteiger partial charge in [0.05, 0.1) is 6.42 Å². The first-order valence-electron chi connectivity index (χ1n) is 5.99. The Hall–Kier alpha value is -2.34. The minimum Gasteiger partial charge on any atom is -0.409 e. The lowest BCUT2D eigenvalue weighted by Crippen LogP contribution is -2.17. The van der Waals surface area contributed by atoms with Crippen molar-refractivity contribution in [3.8, 4) is 0 Å². The van der Waals surface area contributed by atoms with Crippen molar-refractivity contribution < 1.29 is 10.0 Å². The fourth-order valence-electron chi connectivity index (χ4n) is 1.75. The third kappa shape index (κ3) is 3.36. The molecule has 2 rings (SSSR count). The highest BCUT2D eigenvalue weighted by atomic mass is 32.1. The van der Waals surface area contributed by atoms with Crippen LogP contribution >= 0.6 is 11.3 Å². The number of amides is 1. The van der Waals surface area contributed by atoms with Crippen molar-refractivity contribution in [2.75, 3.05) is 5.32 Å². The molecule has 0 radical (unpaired) electrons. The number of carbonyl (C=O) groups excluding carboxylic acids is 1. The number of amidine groups is 1. The number of nitrogens with zero attached hydrogens (tertiary/aromatic N) is 1. The zero-order valence-corrected chi connectivity index (χ0v) is 11.8. The van der Waals surface area contributed by atoms with E-state index in [4.69, 9.17) is 10.9 Å². The van der Waals surface area contributed by atoms with Gasteiger partial charge in [0.25, 0.3) is 0 Å². The average molecular weight is 289 g/mol. The van der Waals surface area contributed by atoms with E-state index < -0.39 is 0 Å². The van der Waals surface area contributed by atoms with Gasteiger partial charge in [-0.25, -0.2) is 0 Å². The highest BCUT2D eigenvalue weighted by molar-refractivity contribution is 7.08. The van der Waals surface area contributed by atoms with Crippen molar-refractivity contribution in [1.29, 1.82) is 0 Å². The Morgan fingerprint density at radius 1 is 1.45 bits per heavy atom. The molecule has 104 valence electrons. The minimum absolute atomic E-state index is 0.0123. The van der Waals surface area contributed by atoms with Gasteiger partial charge >= 0.3 is 0 Å². The number of aryl methyl sites for hydroxylation is 1. The number of nitrogens with two attached hydrogens (primary N) is 1. The molecule has 0 spiro atoms. The number of carbonyl (C=O) groups is 1. The van der Waals surface area contributed by atoms with E-state index in [0.29, 0.717) is 17.7 Å². The molecule has 0 saturated carbocycles. The summed E-state index contributed by atoms with van der Waals surface area (Å²) in [6, 6.07) is 7.16. The van der Waals surface area contributed by atoms with E-state index in [1.165, 1.54) is 0 Å². The van der Waals surface area contributed by atoms with Crippen molar-refractivity contribution >= 4 is 28.8 Å². The lowest BCUT2D eigenvalue weighted by Gasteiger charge is -2.10. The standard InChI is InChI=1S/C14H15N3O2S/c1-9-2-3-11(14(15)17-19)7-12(9)16-13(18)6-10-4-5-20-8-10/h2-5,7-8,19H,6H2,1H3,(H2,15,17)(H,16,18). The number of benzene rings is 1. The molecular formula is C14H15N3O2S. The second-order valence-electron chi connectivity index (χ2n) is 4.37. The molecule has 0 aliphatic carbocycles. The Bertz CT molecular complexity index is 636. The molecule has 2 aromatic rings. The summed E-state index contributed by atoms with van der Waals surface area (Å²) in [5.74, 6) is -0.0820. The van der Waals surface area contributed by atoms with Crippen molar-refractivity contribution in [1.82, 2.24) is 0 Å².